The number of hydrogen-bond donors (Lipinski definition) is 1. The molecule has 0 aliphatic rings. The van der Waals surface area contributed by atoms with Crippen LogP contribution < -0.4 is 10.1 Å². The Balaban J connectivity index is 1.89. The zero-order valence-electron chi connectivity index (χ0n) is 17.8. The third kappa shape index (κ3) is 9.53. The fourth-order valence-corrected chi connectivity index (χ4v) is 3.16. The van der Waals surface area contributed by atoms with Crippen molar-refractivity contribution in [1.29, 1.82) is 0 Å². The van der Waals surface area contributed by atoms with Gasteiger partial charge >= 0.3 is 5.97 Å². The zero-order valence-corrected chi connectivity index (χ0v) is 18.6. The van der Waals surface area contributed by atoms with E-state index in [2.05, 4.69) is 5.32 Å². The van der Waals surface area contributed by atoms with Crippen LogP contribution in [-0.4, -0.2) is 35.9 Å². The second-order valence-corrected chi connectivity index (χ2v) is 7.76. The summed E-state index contributed by atoms with van der Waals surface area (Å²) in [5.41, 5.74) is 2.17. The topological polar surface area (TPSA) is 81.7 Å². The Bertz CT molecular complexity index is 894. The molecule has 0 fully saturated rings. The first-order valence-electron chi connectivity index (χ1n) is 10.0. The van der Waals surface area contributed by atoms with Crippen molar-refractivity contribution in [3.05, 3.63) is 71.3 Å². The number of thioether (sulfide) groups is 1. The monoisotopic (exact) mass is 441 g/mol. The minimum atomic E-state index is -0.390. The highest BCUT2D eigenvalue weighted by Gasteiger charge is 2.12. The standard InChI is InChI=1S/C24H27NO5S/c1-3-29-22-11-9-19(10-12-22)15-21(17-31-18(2)26)24(28)25-14-13-23(27)30-16-20-7-5-4-6-8-20/h4-12,15H,3,13-14,16-17H2,1-2H3,(H,25,28). The molecule has 1 amide bonds. The van der Waals surface area contributed by atoms with E-state index in [0.717, 1.165) is 28.6 Å². The summed E-state index contributed by atoms with van der Waals surface area (Å²) in [6.07, 6.45) is 1.80. The molecule has 164 valence electrons. The molecule has 0 heterocycles. The van der Waals surface area contributed by atoms with Gasteiger partial charge in [0.15, 0.2) is 5.12 Å². The summed E-state index contributed by atoms with van der Waals surface area (Å²) in [5, 5.41) is 2.66. The van der Waals surface area contributed by atoms with Gasteiger partial charge in [-0.2, -0.15) is 0 Å². The van der Waals surface area contributed by atoms with Crippen LogP contribution in [0.15, 0.2) is 60.2 Å². The maximum absolute atomic E-state index is 12.6. The van der Waals surface area contributed by atoms with Crippen LogP contribution in [0.5, 0.6) is 5.75 Å². The van der Waals surface area contributed by atoms with Crippen molar-refractivity contribution in [3.8, 4) is 5.75 Å². The minimum absolute atomic E-state index is 0.0642. The highest BCUT2D eigenvalue weighted by molar-refractivity contribution is 8.13. The van der Waals surface area contributed by atoms with Crippen molar-refractivity contribution in [1.82, 2.24) is 5.32 Å². The third-order valence-electron chi connectivity index (χ3n) is 4.11. The summed E-state index contributed by atoms with van der Waals surface area (Å²) in [6.45, 7) is 4.29. The molecule has 0 saturated carbocycles. The van der Waals surface area contributed by atoms with Crippen molar-refractivity contribution in [2.45, 2.75) is 26.9 Å². The SMILES string of the molecule is CCOc1ccc(C=C(CSC(C)=O)C(=O)NCCC(=O)OCc2ccccc2)cc1. The van der Waals surface area contributed by atoms with Gasteiger partial charge in [0.1, 0.15) is 12.4 Å². The lowest BCUT2D eigenvalue weighted by molar-refractivity contribution is -0.144. The predicted molar refractivity (Wildman–Crippen MR) is 123 cm³/mol. The normalized spacial score (nSPS) is 11.0. The van der Waals surface area contributed by atoms with E-state index in [4.69, 9.17) is 9.47 Å². The van der Waals surface area contributed by atoms with Gasteiger partial charge in [0, 0.05) is 24.8 Å². The fraction of sp³-hybridized carbons (Fsp3) is 0.292. The largest absolute Gasteiger partial charge is 0.494 e. The van der Waals surface area contributed by atoms with E-state index in [1.54, 1.807) is 6.08 Å². The van der Waals surface area contributed by atoms with Crippen LogP contribution in [0.4, 0.5) is 0 Å². The van der Waals surface area contributed by atoms with Gasteiger partial charge in [0.05, 0.1) is 13.0 Å². The van der Waals surface area contributed by atoms with Crippen molar-refractivity contribution in [2.24, 2.45) is 0 Å². The van der Waals surface area contributed by atoms with Gasteiger partial charge in [0.2, 0.25) is 5.91 Å². The molecule has 0 aromatic heterocycles. The molecule has 0 radical (unpaired) electrons. The summed E-state index contributed by atoms with van der Waals surface area (Å²) in [7, 11) is 0. The number of ether oxygens (including phenoxy) is 2. The lowest BCUT2D eigenvalue weighted by atomic mass is 10.1. The number of nitrogens with one attached hydrogen (secondary N) is 1. The lowest BCUT2D eigenvalue weighted by Crippen LogP contribution is -2.28. The van der Waals surface area contributed by atoms with Crippen LogP contribution >= 0.6 is 11.8 Å². The van der Waals surface area contributed by atoms with Gasteiger partial charge in [-0.25, -0.2) is 0 Å². The van der Waals surface area contributed by atoms with E-state index in [9.17, 15) is 14.4 Å². The van der Waals surface area contributed by atoms with Crippen LogP contribution in [0.2, 0.25) is 0 Å². The molecular formula is C24H27NO5S. The van der Waals surface area contributed by atoms with Crippen molar-refractivity contribution in [3.63, 3.8) is 0 Å². The smallest absolute Gasteiger partial charge is 0.307 e. The number of hydrogen-bond acceptors (Lipinski definition) is 6. The Labute approximate surface area is 187 Å². The summed E-state index contributed by atoms with van der Waals surface area (Å²) in [4.78, 5) is 35.9. The molecule has 6 nitrogen and oxygen atoms in total. The molecule has 0 unspecified atom stereocenters. The predicted octanol–water partition coefficient (Wildman–Crippen LogP) is 4.00. The Morgan fingerprint density at radius 1 is 1.03 bits per heavy atom. The van der Waals surface area contributed by atoms with E-state index < -0.39 is 0 Å². The van der Waals surface area contributed by atoms with Gasteiger partial charge in [-0.1, -0.05) is 54.2 Å². The molecule has 2 aromatic rings. The molecular weight excluding hydrogens is 414 g/mol. The molecule has 0 atom stereocenters. The van der Waals surface area contributed by atoms with E-state index in [1.807, 2.05) is 61.5 Å². The molecule has 31 heavy (non-hydrogen) atoms. The number of benzene rings is 2. The van der Waals surface area contributed by atoms with Crippen LogP contribution in [0.25, 0.3) is 6.08 Å². The lowest BCUT2D eigenvalue weighted by Gasteiger charge is -2.09. The molecule has 7 heteroatoms. The Morgan fingerprint density at radius 3 is 2.39 bits per heavy atom. The molecule has 0 aliphatic carbocycles. The quantitative estimate of drug-likeness (QED) is 0.419. The van der Waals surface area contributed by atoms with E-state index >= 15 is 0 Å². The van der Waals surface area contributed by atoms with Gasteiger partial charge < -0.3 is 14.8 Å². The summed E-state index contributed by atoms with van der Waals surface area (Å²) < 4.78 is 10.6. The van der Waals surface area contributed by atoms with E-state index in [-0.39, 0.29) is 42.3 Å². The second kappa shape index (κ2) is 13.3. The highest BCUT2D eigenvalue weighted by Crippen LogP contribution is 2.17. The molecule has 0 spiro atoms. The number of rotatable bonds is 11. The maximum atomic E-state index is 12.6. The molecule has 0 aliphatic heterocycles. The first kappa shape index (κ1) is 24.2. The zero-order chi connectivity index (χ0) is 22.5. The third-order valence-corrected chi connectivity index (χ3v) is 4.97. The first-order valence-corrected chi connectivity index (χ1v) is 11.0. The number of esters is 1. The van der Waals surface area contributed by atoms with Crippen molar-refractivity contribution < 1.29 is 23.9 Å². The van der Waals surface area contributed by atoms with Gasteiger partial charge in [-0.3, -0.25) is 14.4 Å². The average Bonchev–Trinajstić information content (AvgIpc) is 2.77. The Morgan fingerprint density at radius 2 is 1.74 bits per heavy atom. The van der Waals surface area contributed by atoms with Gasteiger partial charge in [0.25, 0.3) is 0 Å². The molecule has 0 saturated heterocycles. The Hall–Kier alpha value is -3.06. The summed E-state index contributed by atoms with van der Waals surface area (Å²) >= 11 is 1.06. The number of carbonyl (C=O) groups excluding carboxylic acids is 3. The number of carbonyl (C=O) groups is 3. The molecule has 2 rings (SSSR count). The minimum Gasteiger partial charge on any atom is -0.494 e. The molecule has 1 N–H and O–H groups in total. The fourth-order valence-electron chi connectivity index (χ4n) is 2.58. The summed E-state index contributed by atoms with van der Waals surface area (Å²) in [5.74, 6) is 0.280. The van der Waals surface area contributed by atoms with Crippen LogP contribution in [0.1, 0.15) is 31.4 Å². The van der Waals surface area contributed by atoms with E-state index in [1.165, 1.54) is 6.92 Å². The van der Waals surface area contributed by atoms with E-state index in [0.29, 0.717) is 12.2 Å². The average molecular weight is 442 g/mol. The maximum Gasteiger partial charge on any atom is 0.307 e. The highest BCUT2D eigenvalue weighted by atomic mass is 32.2. The second-order valence-electron chi connectivity index (χ2n) is 6.60. The van der Waals surface area contributed by atoms with Crippen LogP contribution in [0.3, 0.4) is 0 Å². The molecule has 2 aromatic carbocycles. The molecule has 0 bridgehead atoms. The van der Waals surface area contributed by atoms with Crippen molar-refractivity contribution in [2.75, 3.05) is 18.9 Å². The number of amides is 1. The summed E-state index contributed by atoms with van der Waals surface area (Å²) in [6, 6.07) is 16.7. The van der Waals surface area contributed by atoms with Gasteiger partial charge in [-0.05, 0) is 36.3 Å². The van der Waals surface area contributed by atoms with Crippen molar-refractivity contribution >= 4 is 34.8 Å². The first-order chi connectivity index (χ1) is 15.0. The van der Waals surface area contributed by atoms with Gasteiger partial charge in [-0.15, -0.1) is 0 Å². The van der Waals surface area contributed by atoms with Crippen LogP contribution in [0, 0.1) is 0 Å². The van der Waals surface area contributed by atoms with Crippen LogP contribution in [-0.2, 0) is 25.7 Å². The Kier molecular flexibility index (Phi) is 10.4.